The maximum absolute atomic E-state index is 12.5. The van der Waals surface area contributed by atoms with E-state index >= 15 is 0 Å². The molecule has 0 atom stereocenters. The Hall–Kier alpha value is -3.09. The normalized spacial score (nSPS) is 13.8. The van der Waals surface area contributed by atoms with Crippen LogP contribution in [0, 0.1) is 0 Å². The van der Waals surface area contributed by atoms with Crippen molar-refractivity contribution in [1.29, 1.82) is 0 Å². The average molecular weight is 367 g/mol. The number of aromatic amines is 1. The number of aromatic nitrogens is 2. The van der Waals surface area contributed by atoms with Gasteiger partial charge in [0.2, 0.25) is 5.91 Å². The van der Waals surface area contributed by atoms with Crippen molar-refractivity contribution in [1.82, 2.24) is 14.9 Å². The molecule has 1 aliphatic heterocycles. The summed E-state index contributed by atoms with van der Waals surface area (Å²) < 4.78 is 0. The number of carbonyl (C=O) groups excluding carboxylic acids is 1. The van der Waals surface area contributed by atoms with Gasteiger partial charge in [-0.05, 0) is 30.7 Å². The van der Waals surface area contributed by atoms with Gasteiger partial charge in [0.15, 0.2) is 0 Å². The van der Waals surface area contributed by atoms with Gasteiger partial charge in [0.1, 0.15) is 5.69 Å². The molecule has 142 valence electrons. The second-order valence-corrected chi connectivity index (χ2v) is 6.58. The number of rotatable bonds is 7. The molecule has 0 bridgehead atoms. The Kier molecular flexibility index (Phi) is 5.59. The fraction of sp³-hybridized carbons (Fsp3) is 0.350. The topological polar surface area (TPSA) is 81.3 Å². The highest BCUT2D eigenvalue weighted by molar-refractivity contribution is 5.88. The number of pyridine rings is 2. The Morgan fingerprint density at radius 3 is 2.93 bits per heavy atom. The minimum absolute atomic E-state index is 0.0709. The zero-order valence-corrected chi connectivity index (χ0v) is 15.7. The first-order chi connectivity index (χ1) is 13.1. The number of H-pyrrole nitrogens is 1. The third kappa shape index (κ3) is 3.86. The molecule has 0 unspecified atom stereocenters. The minimum atomic E-state index is -0.134. The van der Waals surface area contributed by atoms with Crippen molar-refractivity contribution in [3.63, 3.8) is 0 Å². The number of carbonyl (C=O) groups is 1. The molecule has 3 rings (SSSR count). The Morgan fingerprint density at radius 1 is 1.48 bits per heavy atom. The highest BCUT2D eigenvalue weighted by Gasteiger charge is 2.34. The van der Waals surface area contributed by atoms with E-state index in [1.54, 1.807) is 17.3 Å². The smallest absolute Gasteiger partial charge is 0.271 e. The summed E-state index contributed by atoms with van der Waals surface area (Å²) in [5.74, 6) is -0.0709. The summed E-state index contributed by atoms with van der Waals surface area (Å²) in [6.07, 6.45) is 5.66. The van der Waals surface area contributed by atoms with Crippen LogP contribution in [0.2, 0.25) is 0 Å². The summed E-state index contributed by atoms with van der Waals surface area (Å²) in [5, 5.41) is 3.10. The molecule has 0 saturated carbocycles. The monoisotopic (exact) mass is 367 g/mol. The predicted octanol–water partition coefficient (Wildman–Crippen LogP) is 2.09. The number of nitrogens with one attached hydrogen (secondary N) is 2. The van der Waals surface area contributed by atoms with Crippen LogP contribution < -0.4 is 15.8 Å². The minimum Gasteiger partial charge on any atom is -0.388 e. The molecule has 2 N–H and O–H groups in total. The third-order valence-electron chi connectivity index (χ3n) is 4.79. The van der Waals surface area contributed by atoms with E-state index in [0.29, 0.717) is 18.8 Å². The molecule has 7 nitrogen and oxygen atoms in total. The van der Waals surface area contributed by atoms with E-state index in [-0.39, 0.29) is 17.5 Å². The number of amides is 1. The van der Waals surface area contributed by atoms with Gasteiger partial charge in [0.25, 0.3) is 5.56 Å². The van der Waals surface area contributed by atoms with Crippen molar-refractivity contribution >= 4 is 17.3 Å². The van der Waals surface area contributed by atoms with Crippen LogP contribution in [0.4, 0.5) is 11.4 Å². The van der Waals surface area contributed by atoms with Gasteiger partial charge in [-0.25, -0.2) is 0 Å². The van der Waals surface area contributed by atoms with Gasteiger partial charge < -0.3 is 20.1 Å². The van der Waals surface area contributed by atoms with Crippen molar-refractivity contribution in [2.45, 2.75) is 19.4 Å². The van der Waals surface area contributed by atoms with Crippen molar-refractivity contribution in [2.75, 3.05) is 36.9 Å². The Morgan fingerprint density at radius 2 is 2.26 bits per heavy atom. The largest absolute Gasteiger partial charge is 0.388 e. The molecule has 1 amide bonds. The molecule has 3 heterocycles. The number of anilines is 2. The highest BCUT2D eigenvalue weighted by atomic mass is 16.2. The molecular formula is C20H25N5O2. The van der Waals surface area contributed by atoms with Gasteiger partial charge in [-0.3, -0.25) is 14.6 Å². The molecule has 27 heavy (non-hydrogen) atoms. The first-order valence-corrected chi connectivity index (χ1v) is 9.12. The first kappa shape index (κ1) is 18.7. The number of nitrogens with zero attached hydrogens (tertiary/aromatic N) is 3. The van der Waals surface area contributed by atoms with E-state index in [1.807, 2.05) is 25.2 Å². The molecule has 7 heteroatoms. The van der Waals surface area contributed by atoms with Gasteiger partial charge in [0, 0.05) is 50.3 Å². The van der Waals surface area contributed by atoms with Crippen LogP contribution in [0.25, 0.3) is 11.3 Å². The van der Waals surface area contributed by atoms with Crippen LogP contribution in [0.5, 0.6) is 0 Å². The van der Waals surface area contributed by atoms with Crippen molar-refractivity contribution in [2.24, 2.45) is 0 Å². The Bertz CT molecular complexity index is 886. The van der Waals surface area contributed by atoms with Gasteiger partial charge in [0.05, 0.1) is 11.7 Å². The first-order valence-electron chi connectivity index (χ1n) is 9.12. The van der Waals surface area contributed by atoms with Gasteiger partial charge >= 0.3 is 0 Å². The van der Waals surface area contributed by atoms with Crippen LogP contribution in [0.3, 0.4) is 0 Å². The lowest BCUT2D eigenvalue weighted by atomic mass is 10.0. The van der Waals surface area contributed by atoms with E-state index in [2.05, 4.69) is 33.7 Å². The van der Waals surface area contributed by atoms with Crippen LogP contribution in [-0.4, -0.2) is 53.5 Å². The molecule has 0 aliphatic carbocycles. The number of hydrogen-bond donors (Lipinski definition) is 2. The zero-order valence-electron chi connectivity index (χ0n) is 15.7. The molecule has 0 aromatic carbocycles. The fourth-order valence-corrected chi connectivity index (χ4v) is 3.28. The van der Waals surface area contributed by atoms with Crippen LogP contribution in [-0.2, 0) is 4.79 Å². The van der Waals surface area contributed by atoms with E-state index in [1.165, 1.54) is 6.08 Å². The second kappa shape index (κ2) is 8.07. The zero-order chi connectivity index (χ0) is 19.4. The molecule has 1 saturated heterocycles. The van der Waals surface area contributed by atoms with E-state index in [9.17, 15) is 9.59 Å². The molecular weight excluding hydrogens is 342 g/mol. The lowest BCUT2D eigenvalue weighted by Gasteiger charge is -2.45. The molecule has 1 aliphatic rings. The molecule has 0 radical (unpaired) electrons. The molecule has 1 fully saturated rings. The molecule has 2 aromatic rings. The van der Waals surface area contributed by atoms with Crippen molar-refractivity contribution < 1.29 is 4.79 Å². The lowest BCUT2D eigenvalue weighted by molar-refractivity contribution is -0.130. The summed E-state index contributed by atoms with van der Waals surface area (Å²) >= 11 is 0. The Balaban J connectivity index is 1.90. The van der Waals surface area contributed by atoms with Gasteiger partial charge in [-0.2, -0.15) is 0 Å². The highest BCUT2D eigenvalue weighted by Crippen LogP contribution is 2.25. The summed E-state index contributed by atoms with van der Waals surface area (Å²) in [6.45, 7) is 7.55. The van der Waals surface area contributed by atoms with Gasteiger partial charge in [-0.1, -0.05) is 13.5 Å². The Labute approximate surface area is 158 Å². The van der Waals surface area contributed by atoms with E-state index < -0.39 is 0 Å². The van der Waals surface area contributed by atoms with Crippen molar-refractivity contribution in [3.8, 4) is 11.3 Å². The standard InChI is InChI=1S/C20H25N5O2/c1-4-8-25(16-12-24(13-16)19(26)5-2)18-9-14(11-23-20(18)27)17-10-15(21-3)6-7-22-17/h5-7,9-11,16H,2,4,8,12-13H2,1,3H3,(H,21,22)(H,23,27). The van der Waals surface area contributed by atoms with E-state index in [0.717, 1.165) is 29.9 Å². The number of likely N-dealkylation sites (tertiary alicyclic amines) is 1. The lowest BCUT2D eigenvalue weighted by Crippen LogP contribution is -2.61. The summed E-state index contributed by atoms with van der Waals surface area (Å²) in [4.78, 5) is 35.3. The fourth-order valence-electron chi connectivity index (χ4n) is 3.28. The van der Waals surface area contributed by atoms with Gasteiger partial charge in [-0.15, -0.1) is 0 Å². The van der Waals surface area contributed by atoms with E-state index in [4.69, 9.17) is 0 Å². The third-order valence-corrected chi connectivity index (χ3v) is 4.79. The van der Waals surface area contributed by atoms with Crippen LogP contribution in [0.1, 0.15) is 13.3 Å². The SMILES string of the molecule is C=CC(=O)N1CC(N(CCC)c2cc(-c3cc(NC)ccn3)c[nH]c2=O)C1. The predicted molar refractivity (Wildman–Crippen MR) is 108 cm³/mol. The van der Waals surface area contributed by atoms with Crippen LogP contribution >= 0.6 is 0 Å². The molecule has 0 spiro atoms. The maximum Gasteiger partial charge on any atom is 0.271 e. The summed E-state index contributed by atoms with van der Waals surface area (Å²) in [5.41, 5.74) is 3.07. The van der Waals surface area contributed by atoms with Crippen LogP contribution in [0.15, 0.2) is 48.0 Å². The maximum atomic E-state index is 12.5. The quantitative estimate of drug-likeness (QED) is 0.733. The second-order valence-electron chi connectivity index (χ2n) is 6.58. The summed E-state index contributed by atoms with van der Waals surface area (Å²) in [7, 11) is 1.85. The molecule has 2 aromatic heterocycles. The van der Waals surface area contributed by atoms with Crippen molar-refractivity contribution in [3.05, 3.63) is 53.6 Å². The average Bonchev–Trinajstić information content (AvgIpc) is 2.66. The summed E-state index contributed by atoms with van der Waals surface area (Å²) in [6, 6.07) is 5.84. The number of hydrogen-bond acceptors (Lipinski definition) is 5.